The summed E-state index contributed by atoms with van der Waals surface area (Å²) in [5, 5.41) is 3.33. The second kappa shape index (κ2) is 3.86. The topological polar surface area (TPSA) is 50.9 Å². The number of nitrogens with two attached hydrogens (primary N) is 1. The molecule has 3 nitrogen and oxygen atoms in total. The van der Waals surface area contributed by atoms with Gasteiger partial charge >= 0.3 is 0 Å². The molecule has 1 fully saturated rings. The summed E-state index contributed by atoms with van der Waals surface area (Å²) in [6.07, 6.45) is 4.49. The van der Waals surface area contributed by atoms with Gasteiger partial charge in [-0.05, 0) is 36.8 Å². The van der Waals surface area contributed by atoms with Crippen LogP contribution in [0, 0.1) is 11.8 Å². The standard InChI is InChI=1S/C11H17N3/c1-8(9-2-3-9)6-13-11-5-4-10(12)7-14-11/h4-5,7-9H,2-3,6,12H2,1H3,(H,13,14). The highest BCUT2D eigenvalue weighted by atomic mass is 15.0. The summed E-state index contributed by atoms with van der Waals surface area (Å²) < 4.78 is 0. The van der Waals surface area contributed by atoms with Crippen LogP contribution in [0.5, 0.6) is 0 Å². The van der Waals surface area contributed by atoms with Gasteiger partial charge < -0.3 is 11.1 Å². The van der Waals surface area contributed by atoms with E-state index >= 15 is 0 Å². The molecule has 0 aromatic carbocycles. The molecule has 0 spiro atoms. The summed E-state index contributed by atoms with van der Waals surface area (Å²) in [6.45, 7) is 3.31. The lowest BCUT2D eigenvalue weighted by Crippen LogP contribution is -2.13. The van der Waals surface area contributed by atoms with Gasteiger partial charge in [0, 0.05) is 6.54 Å². The fourth-order valence-corrected chi connectivity index (χ4v) is 1.61. The monoisotopic (exact) mass is 191 g/mol. The highest BCUT2D eigenvalue weighted by Crippen LogP contribution is 2.36. The van der Waals surface area contributed by atoms with Gasteiger partial charge in [0.1, 0.15) is 5.82 Å². The Morgan fingerprint density at radius 2 is 2.36 bits per heavy atom. The third-order valence-corrected chi connectivity index (χ3v) is 2.82. The summed E-state index contributed by atoms with van der Waals surface area (Å²) in [5.74, 6) is 2.62. The average molecular weight is 191 g/mol. The molecule has 1 aromatic rings. The molecule has 3 heteroatoms. The number of hydrogen-bond acceptors (Lipinski definition) is 3. The van der Waals surface area contributed by atoms with Crippen molar-refractivity contribution in [3.8, 4) is 0 Å². The fraction of sp³-hybridized carbons (Fsp3) is 0.545. The van der Waals surface area contributed by atoms with E-state index in [1.165, 1.54) is 12.8 Å². The predicted octanol–water partition coefficient (Wildman–Crippen LogP) is 2.12. The Bertz CT molecular complexity index is 290. The van der Waals surface area contributed by atoms with Gasteiger partial charge in [0.25, 0.3) is 0 Å². The highest BCUT2D eigenvalue weighted by molar-refractivity contribution is 5.43. The average Bonchev–Trinajstić information content (AvgIpc) is 3.00. The lowest BCUT2D eigenvalue weighted by molar-refractivity contribution is 0.536. The Labute approximate surface area is 84.7 Å². The van der Waals surface area contributed by atoms with Crippen LogP contribution in [0.1, 0.15) is 19.8 Å². The number of aromatic nitrogens is 1. The van der Waals surface area contributed by atoms with Crippen LogP contribution in [0.3, 0.4) is 0 Å². The van der Waals surface area contributed by atoms with E-state index in [4.69, 9.17) is 5.73 Å². The SMILES string of the molecule is CC(CNc1ccc(N)cn1)C1CC1. The number of hydrogen-bond donors (Lipinski definition) is 2. The van der Waals surface area contributed by atoms with Crippen molar-refractivity contribution in [1.82, 2.24) is 4.98 Å². The predicted molar refractivity (Wildman–Crippen MR) is 59.0 cm³/mol. The molecule has 3 N–H and O–H groups in total. The molecule has 0 bridgehead atoms. The van der Waals surface area contributed by atoms with Crippen molar-refractivity contribution in [2.75, 3.05) is 17.6 Å². The number of nitrogens with one attached hydrogen (secondary N) is 1. The van der Waals surface area contributed by atoms with E-state index in [0.29, 0.717) is 5.69 Å². The largest absolute Gasteiger partial charge is 0.397 e. The van der Waals surface area contributed by atoms with Crippen LogP contribution in [0.4, 0.5) is 11.5 Å². The molecule has 0 radical (unpaired) electrons. The second-order valence-electron chi connectivity index (χ2n) is 4.17. The van der Waals surface area contributed by atoms with Crippen LogP contribution in [0.15, 0.2) is 18.3 Å². The number of nitrogen functional groups attached to an aromatic ring is 1. The van der Waals surface area contributed by atoms with Crippen molar-refractivity contribution in [3.63, 3.8) is 0 Å². The van der Waals surface area contributed by atoms with Crippen LogP contribution in [-0.4, -0.2) is 11.5 Å². The Balaban J connectivity index is 1.82. The summed E-state index contributed by atoms with van der Waals surface area (Å²) in [6, 6.07) is 3.80. The van der Waals surface area contributed by atoms with Gasteiger partial charge in [-0.25, -0.2) is 4.98 Å². The molecule has 1 aliphatic rings. The molecule has 76 valence electrons. The maximum Gasteiger partial charge on any atom is 0.126 e. The second-order valence-corrected chi connectivity index (χ2v) is 4.17. The molecular weight excluding hydrogens is 174 g/mol. The first kappa shape index (κ1) is 9.31. The summed E-state index contributed by atoms with van der Waals surface area (Å²) >= 11 is 0. The molecule has 1 atom stereocenters. The quantitative estimate of drug-likeness (QED) is 0.766. The Hall–Kier alpha value is -1.25. The molecular formula is C11H17N3. The molecule has 0 aliphatic heterocycles. The molecule has 1 aromatic heterocycles. The Morgan fingerprint density at radius 1 is 1.57 bits per heavy atom. The van der Waals surface area contributed by atoms with E-state index in [2.05, 4.69) is 17.2 Å². The minimum atomic E-state index is 0.714. The number of nitrogens with zero attached hydrogens (tertiary/aromatic N) is 1. The zero-order chi connectivity index (χ0) is 9.97. The lowest BCUT2D eigenvalue weighted by Gasteiger charge is -2.11. The Morgan fingerprint density at radius 3 is 2.93 bits per heavy atom. The number of pyridine rings is 1. The maximum atomic E-state index is 5.55. The van der Waals surface area contributed by atoms with Crippen LogP contribution in [0.25, 0.3) is 0 Å². The first-order chi connectivity index (χ1) is 6.75. The lowest BCUT2D eigenvalue weighted by atomic mass is 10.1. The zero-order valence-electron chi connectivity index (χ0n) is 8.53. The van der Waals surface area contributed by atoms with E-state index in [-0.39, 0.29) is 0 Å². The maximum absolute atomic E-state index is 5.55. The van der Waals surface area contributed by atoms with Crippen molar-refractivity contribution in [2.45, 2.75) is 19.8 Å². The van der Waals surface area contributed by atoms with Crippen LogP contribution in [0.2, 0.25) is 0 Å². The number of rotatable bonds is 4. The zero-order valence-corrected chi connectivity index (χ0v) is 8.53. The first-order valence-corrected chi connectivity index (χ1v) is 5.21. The van der Waals surface area contributed by atoms with Gasteiger partial charge in [-0.1, -0.05) is 6.92 Å². The van der Waals surface area contributed by atoms with E-state index < -0.39 is 0 Å². The van der Waals surface area contributed by atoms with E-state index in [1.54, 1.807) is 6.20 Å². The number of anilines is 2. The molecule has 0 saturated heterocycles. The third-order valence-electron chi connectivity index (χ3n) is 2.82. The van der Waals surface area contributed by atoms with Gasteiger partial charge in [-0.2, -0.15) is 0 Å². The molecule has 14 heavy (non-hydrogen) atoms. The van der Waals surface area contributed by atoms with E-state index in [9.17, 15) is 0 Å². The van der Waals surface area contributed by atoms with Crippen LogP contribution >= 0.6 is 0 Å². The van der Waals surface area contributed by atoms with E-state index in [0.717, 1.165) is 24.2 Å². The van der Waals surface area contributed by atoms with Crippen molar-refractivity contribution >= 4 is 11.5 Å². The minimum absolute atomic E-state index is 0.714. The highest BCUT2D eigenvalue weighted by Gasteiger charge is 2.27. The third kappa shape index (κ3) is 2.37. The minimum Gasteiger partial charge on any atom is -0.397 e. The van der Waals surface area contributed by atoms with Gasteiger partial charge in [0.05, 0.1) is 11.9 Å². The van der Waals surface area contributed by atoms with Gasteiger partial charge in [-0.3, -0.25) is 0 Å². The van der Waals surface area contributed by atoms with Gasteiger partial charge in [0.15, 0.2) is 0 Å². The summed E-state index contributed by atoms with van der Waals surface area (Å²) in [7, 11) is 0. The summed E-state index contributed by atoms with van der Waals surface area (Å²) in [4.78, 5) is 4.19. The fourth-order valence-electron chi connectivity index (χ4n) is 1.61. The molecule has 0 amide bonds. The van der Waals surface area contributed by atoms with E-state index in [1.807, 2.05) is 12.1 Å². The normalized spacial score (nSPS) is 17.8. The van der Waals surface area contributed by atoms with Crippen molar-refractivity contribution in [3.05, 3.63) is 18.3 Å². The molecule has 1 saturated carbocycles. The van der Waals surface area contributed by atoms with Gasteiger partial charge in [-0.15, -0.1) is 0 Å². The molecule has 1 unspecified atom stereocenters. The van der Waals surface area contributed by atoms with Crippen molar-refractivity contribution < 1.29 is 0 Å². The van der Waals surface area contributed by atoms with Crippen LogP contribution in [-0.2, 0) is 0 Å². The van der Waals surface area contributed by atoms with Gasteiger partial charge in [0.2, 0.25) is 0 Å². The van der Waals surface area contributed by atoms with Crippen molar-refractivity contribution in [1.29, 1.82) is 0 Å². The van der Waals surface area contributed by atoms with Crippen LogP contribution < -0.4 is 11.1 Å². The molecule has 1 heterocycles. The molecule has 1 aliphatic carbocycles. The molecule has 2 rings (SSSR count). The Kier molecular flexibility index (Phi) is 2.57. The first-order valence-electron chi connectivity index (χ1n) is 5.21. The smallest absolute Gasteiger partial charge is 0.126 e. The van der Waals surface area contributed by atoms with Crippen molar-refractivity contribution in [2.24, 2.45) is 11.8 Å². The summed E-state index contributed by atoms with van der Waals surface area (Å²) in [5.41, 5.74) is 6.26.